The van der Waals surface area contributed by atoms with E-state index in [1.54, 1.807) is 12.1 Å². The van der Waals surface area contributed by atoms with Gasteiger partial charge in [-0.3, -0.25) is 4.79 Å². The van der Waals surface area contributed by atoms with Crippen LogP contribution >= 0.6 is 0 Å². The zero-order valence-corrected chi connectivity index (χ0v) is 8.29. The Hall–Kier alpha value is -2.09. The first-order valence-electron chi connectivity index (χ1n) is 8.07. The molecule has 0 bridgehead atoms. The Morgan fingerprint density at radius 2 is 1.94 bits per heavy atom. The third-order valence-corrected chi connectivity index (χ3v) is 2.09. The summed E-state index contributed by atoms with van der Waals surface area (Å²) in [5.74, 6) is -0.780. The first-order chi connectivity index (χ1) is 10.6. The summed E-state index contributed by atoms with van der Waals surface area (Å²) in [7, 11) is 0. The van der Waals surface area contributed by atoms with Crippen LogP contribution in [0.4, 0.5) is 0 Å². The van der Waals surface area contributed by atoms with E-state index in [1.165, 1.54) is 12.1 Å². The third-order valence-electron chi connectivity index (χ3n) is 2.09. The standard InChI is InChI=1S/C14H13NO/c1-10-6-8-11(9-7-10)12-4-2-3-5-13(12)14(15)16/h2-9H,1H3,(H2,15,16)/i1D3,6D,7D,8D,9D. The normalized spacial score (nSPS) is 17.1. The Kier molecular flexibility index (Phi) is 1.26. The molecule has 1 amide bonds. The van der Waals surface area contributed by atoms with Crippen molar-refractivity contribution in [2.75, 3.05) is 0 Å². The van der Waals surface area contributed by atoms with Gasteiger partial charge in [0, 0.05) is 9.68 Å². The van der Waals surface area contributed by atoms with Gasteiger partial charge >= 0.3 is 0 Å². The van der Waals surface area contributed by atoms with Crippen LogP contribution < -0.4 is 5.73 Å². The van der Waals surface area contributed by atoms with Gasteiger partial charge in [-0.2, -0.15) is 0 Å². The summed E-state index contributed by atoms with van der Waals surface area (Å²) in [6.45, 7) is -2.78. The zero-order valence-electron chi connectivity index (χ0n) is 15.3. The highest BCUT2D eigenvalue weighted by molar-refractivity contribution is 5.99. The Morgan fingerprint density at radius 3 is 2.56 bits per heavy atom. The third kappa shape index (κ3) is 1.96. The lowest BCUT2D eigenvalue weighted by Crippen LogP contribution is -2.12. The van der Waals surface area contributed by atoms with Gasteiger partial charge in [-0.25, -0.2) is 0 Å². The second-order valence-electron chi connectivity index (χ2n) is 3.16. The summed E-state index contributed by atoms with van der Waals surface area (Å²) < 4.78 is 54.0. The quantitative estimate of drug-likeness (QED) is 0.827. The molecule has 0 aromatic heterocycles. The van der Waals surface area contributed by atoms with E-state index in [-0.39, 0.29) is 16.7 Å². The molecule has 80 valence electrons. The van der Waals surface area contributed by atoms with Gasteiger partial charge in [0.05, 0.1) is 5.48 Å². The maximum atomic E-state index is 11.5. The summed E-state index contributed by atoms with van der Waals surface area (Å²) in [4.78, 5) is 11.5. The zero-order chi connectivity index (χ0) is 17.5. The largest absolute Gasteiger partial charge is 0.366 e. The fourth-order valence-corrected chi connectivity index (χ4v) is 1.36. The molecule has 16 heavy (non-hydrogen) atoms. The van der Waals surface area contributed by atoms with E-state index in [0.717, 1.165) is 0 Å². The van der Waals surface area contributed by atoms with Crippen LogP contribution in [0.1, 0.15) is 25.5 Å². The van der Waals surface area contributed by atoms with Crippen LogP contribution in [0.25, 0.3) is 11.1 Å². The topological polar surface area (TPSA) is 43.1 Å². The second kappa shape index (κ2) is 4.19. The molecule has 0 atom stereocenters. The first-order valence-corrected chi connectivity index (χ1v) is 4.57. The fraction of sp³-hybridized carbons (Fsp3) is 0.0714. The van der Waals surface area contributed by atoms with Crippen molar-refractivity contribution in [3.05, 3.63) is 59.6 Å². The number of amides is 1. The predicted molar refractivity (Wildman–Crippen MR) is 65.1 cm³/mol. The van der Waals surface area contributed by atoms with Crippen molar-refractivity contribution in [2.24, 2.45) is 5.73 Å². The maximum absolute atomic E-state index is 11.5. The number of rotatable bonds is 2. The number of primary amides is 1. The number of nitrogens with two attached hydrogens (primary N) is 1. The molecule has 2 rings (SSSR count). The summed E-state index contributed by atoms with van der Waals surface area (Å²) in [5.41, 5.74) is 4.66. The Bertz CT molecular complexity index is 769. The highest BCUT2D eigenvalue weighted by atomic mass is 16.1. The molecule has 0 aliphatic rings. The minimum absolute atomic E-state index is 0.0370. The van der Waals surface area contributed by atoms with Crippen molar-refractivity contribution in [1.82, 2.24) is 0 Å². The number of hydrogen-bond acceptors (Lipinski definition) is 1. The van der Waals surface area contributed by atoms with Gasteiger partial charge in [-0.1, -0.05) is 47.9 Å². The van der Waals surface area contributed by atoms with E-state index >= 15 is 0 Å². The highest BCUT2D eigenvalue weighted by Gasteiger charge is 2.08. The molecular formula is C14H13NO. The molecule has 0 saturated carbocycles. The van der Waals surface area contributed by atoms with Crippen LogP contribution in [-0.4, -0.2) is 5.91 Å². The van der Waals surface area contributed by atoms with Gasteiger partial charge in [0.15, 0.2) is 0 Å². The van der Waals surface area contributed by atoms with Crippen LogP contribution in [0, 0.1) is 6.85 Å². The van der Waals surface area contributed by atoms with Crippen molar-refractivity contribution in [3.63, 3.8) is 0 Å². The summed E-state index contributed by atoms with van der Waals surface area (Å²) >= 11 is 0. The molecular weight excluding hydrogens is 198 g/mol. The van der Waals surface area contributed by atoms with E-state index in [4.69, 9.17) is 15.3 Å². The van der Waals surface area contributed by atoms with Crippen LogP contribution in [-0.2, 0) is 0 Å². The van der Waals surface area contributed by atoms with Gasteiger partial charge in [-0.05, 0) is 24.0 Å². The molecule has 2 aromatic rings. The maximum Gasteiger partial charge on any atom is 0.249 e. The van der Waals surface area contributed by atoms with Crippen molar-refractivity contribution in [1.29, 1.82) is 0 Å². The van der Waals surface area contributed by atoms with E-state index in [9.17, 15) is 4.79 Å². The summed E-state index contributed by atoms with van der Waals surface area (Å²) in [5, 5.41) is 0. The van der Waals surface area contributed by atoms with E-state index < -0.39 is 42.5 Å². The SMILES string of the molecule is [2H]c1c([2H])c(C([2H])([2H])[2H])c([2H])c([2H])c1-c1ccccc1C(N)=O. The number of hydrogen-bond donors (Lipinski definition) is 1. The molecule has 2 heteroatoms. The molecule has 0 spiro atoms. The number of benzene rings is 2. The monoisotopic (exact) mass is 218 g/mol. The van der Waals surface area contributed by atoms with E-state index in [2.05, 4.69) is 0 Å². The Labute approximate surface area is 105 Å². The highest BCUT2D eigenvalue weighted by Crippen LogP contribution is 2.23. The lowest BCUT2D eigenvalue weighted by molar-refractivity contribution is 0.100. The van der Waals surface area contributed by atoms with E-state index in [0.29, 0.717) is 0 Å². The molecule has 0 fully saturated rings. The van der Waals surface area contributed by atoms with Gasteiger partial charge in [-0.15, -0.1) is 0 Å². The van der Waals surface area contributed by atoms with Gasteiger partial charge in [0.1, 0.15) is 0 Å². The minimum Gasteiger partial charge on any atom is -0.366 e. The van der Waals surface area contributed by atoms with E-state index in [1.807, 2.05) is 0 Å². The van der Waals surface area contributed by atoms with Crippen LogP contribution in [0.5, 0.6) is 0 Å². The lowest BCUT2D eigenvalue weighted by Gasteiger charge is -2.06. The summed E-state index contributed by atoms with van der Waals surface area (Å²) in [6, 6.07) is 3.61. The van der Waals surface area contributed by atoms with Gasteiger partial charge in [0.25, 0.3) is 0 Å². The second-order valence-corrected chi connectivity index (χ2v) is 3.16. The molecule has 0 aliphatic carbocycles. The fourth-order valence-electron chi connectivity index (χ4n) is 1.36. The Morgan fingerprint density at radius 1 is 1.25 bits per heavy atom. The van der Waals surface area contributed by atoms with Crippen molar-refractivity contribution >= 4 is 5.91 Å². The van der Waals surface area contributed by atoms with Crippen LogP contribution in [0.3, 0.4) is 0 Å². The molecule has 0 aliphatic heterocycles. The van der Waals surface area contributed by atoms with Crippen molar-refractivity contribution < 1.29 is 14.4 Å². The number of carbonyl (C=O) groups excluding carboxylic acids is 1. The summed E-state index contributed by atoms with van der Waals surface area (Å²) in [6.07, 6.45) is 0. The molecule has 2 nitrogen and oxygen atoms in total. The molecule has 0 radical (unpaired) electrons. The van der Waals surface area contributed by atoms with Gasteiger partial charge in [0.2, 0.25) is 5.91 Å². The predicted octanol–water partition coefficient (Wildman–Crippen LogP) is 2.76. The molecule has 0 unspecified atom stereocenters. The van der Waals surface area contributed by atoms with Crippen molar-refractivity contribution in [3.8, 4) is 11.1 Å². The average Bonchev–Trinajstić information content (AvgIpc) is 2.44. The lowest BCUT2D eigenvalue weighted by atomic mass is 9.98. The average molecular weight is 218 g/mol. The molecule has 2 aromatic carbocycles. The number of carbonyl (C=O) groups is 1. The van der Waals surface area contributed by atoms with Gasteiger partial charge < -0.3 is 5.73 Å². The van der Waals surface area contributed by atoms with Crippen LogP contribution in [0.15, 0.2) is 48.4 Å². The first kappa shape index (κ1) is 4.83. The minimum atomic E-state index is -2.78. The molecule has 0 heterocycles. The molecule has 2 N–H and O–H groups in total. The van der Waals surface area contributed by atoms with Crippen LogP contribution in [0.2, 0.25) is 0 Å². The molecule has 0 saturated heterocycles. The Balaban J connectivity index is 2.90. The smallest absolute Gasteiger partial charge is 0.249 e. The van der Waals surface area contributed by atoms with Crippen molar-refractivity contribution in [2.45, 2.75) is 6.85 Å².